The Morgan fingerprint density at radius 1 is 1.41 bits per heavy atom. The molecule has 0 unspecified atom stereocenters. The predicted molar refractivity (Wildman–Crippen MR) is 63.6 cm³/mol. The molecule has 1 aromatic heterocycles. The zero-order valence-electron chi connectivity index (χ0n) is 10.4. The van der Waals surface area contributed by atoms with Gasteiger partial charge in [-0.1, -0.05) is 13.8 Å². The van der Waals surface area contributed by atoms with Gasteiger partial charge < -0.3 is 10.2 Å². The number of carbonyl (C=O) groups excluding carboxylic acids is 1. The van der Waals surface area contributed by atoms with Crippen LogP contribution < -0.4 is 5.32 Å². The number of hydrogen-bond acceptors (Lipinski definition) is 4. The van der Waals surface area contributed by atoms with Gasteiger partial charge in [0.05, 0.1) is 6.42 Å². The molecule has 0 bridgehead atoms. The van der Waals surface area contributed by atoms with Crippen LogP contribution in [0.3, 0.4) is 0 Å². The molecule has 1 aliphatic rings. The number of amides is 1. The molecule has 0 spiro atoms. The van der Waals surface area contributed by atoms with Crippen LogP contribution in [0.1, 0.15) is 31.4 Å². The first-order chi connectivity index (χ1) is 8.16. The minimum Gasteiger partial charge on any atom is -0.340 e. The molecule has 1 amide bonds. The highest BCUT2D eigenvalue weighted by atomic mass is 16.2. The molecule has 6 heteroatoms. The molecule has 1 saturated heterocycles. The Balaban J connectivity index is 1.92. The Labute approximate surface area is 101 Å². The van der Waals surface area contributed by atoms with Crippen LogP contribution >= 0.6 is 0 Å². The van der Waals surface area contributed by atoms with E-state index in [-0.39, 0.29) is 11.8 Å². The molecule has 1 fully saturated rings. The Bertz CT molecular complexity index is 381. The van der Waals surface area contributed by atoms with Crippen molar-refractivity contribution in [2.45, 2.75) is 26.2 Å². The third kappa shape index (κ3) is 3.03. The molecule has 94 valence electrons. The molecule has 0 radical (unpaired) electrons. The van der Waals surface area contributed by atoms with Crippen molar-refractivity contribution in [1.29, 1.82) is 0 Å². The van der Waals surface area contributed by atoms with Gasteiger partial charge in [0.1, 0.15) is 5.82 Å². The molecule has 0 aliphatic carbocycles. The van der Waals surface area contributed by atoms with Crippen molar-refractivity contribution in [1.82, 2.24) is 25.4 Å². The Kier molecular flexibility index (Phi) is 3.73. The van der Waals surface area contributed by atoms with Crippen molar-refractivity contribution in [3.63, 3.8) is 0 Å². The van der Waals surface area contributed by atoms with Gasteiger partial charge in [0.15, 0.2) is 5.82 Å². The predicted octanol–water partition coefficient (Wildman–Crippen LogP) is -0.0976. The van der Waals surface area contributed by atoms with Crippen molar-refractivity contribution >= 4 is 5.91 Å². The lowest BCUT2D eigenvalue weighted by atomic mass is 10.2. The molecule has 2 rings (SSSR count). The highest BCUT2D eigenvalue weighted by molar-refractivity contribution is 5.78. The van der Waals surface area contributed by atoms with Crippen molar-refractivity contribution in [2.24, 2.45) is 0 Å². The van der Waals surface area contributed by atoms with Crippen molar-refractivity contribution in [3.8, 4) is 0 Å². The normalized spacial score (nSPS) is 16.5. The Morgan fingerprint density at radius 3 is 2.71 bits per heavy atom. The average molecular weight is 237 g/mol. The van der Waals surface area contributed by atoms with E-state index in [2.05, 4.69) is 20.5 Å². The maximum absolute atomic E-state index is 12.0. The van der Waals surface area contributed by atoms with Gasteiger partial charge in [-0.15, -0.1) is 0 Å². The number of aromatic nitrogens is 3. The van der Waals surface area contributed by atoms with Crippen LogP contribution in [0.2, 0.25) is 0 Å². The first kappa shape index (κ1) is 12.0. The van der Waals surface area contributed by atoms with Crippen molar-refractivity contribution < 1.29 is 4.79 Å². The highest BCUT2D eigenvalue weighted by Gasteiger charge is 2.18. The first-order valence-corrected chi connectivity index (χ1v) is 6.06. The standard InChI is InChI=1S/C11H19N5O/c1-8(2)11-13-9(14-15-11)7-10(17)16-5-3-12-4-6-16/h8,12H,3-7H2,1-2H3,(H,13,14,15). The maximum Gasteiger partial charge on any atom is 0.230 e. The summed E-state index contributed by atoms with van der Waals surface area (Å²) in [6, 6.07) is 0. The summed E-state index contributed by atoms with van der Waals surface area (Å²) in [7, 11) is 0. The molecule has 17 heavy (non-hydrogen) atoms. The lowest BCUT2D eigenvalue weighted by molar-refractivity contribution is -0.131. The minimum atomic E-state index is 0.123. The number of H-pyrrole nitrogens is 1. The average Bonchev–Trinajstić information content (AvgIpc) is 2.79. The molecule has 6 nitrogen and oxygen atoms in total. The van der Waals surface area contributed by atoms with Crippen molar-refractivity contribution in [3.05, 3.63) is 11.6 Å². The topological polar surface area (TPSA) is 73.9 Å². The summed E-state index contributed by atoms with van der Waals surface area (Å²) < 4.78 is 0. The quantitative estimate of drug-likeness (QED) is 0.770. The van der Waals surface area contributed by atoms with Crippen LogP contribution in [-0.4, -0.2) is 52.2 Å². The lowest BCUT2D eigenvalue weighted by Crippen LogP contribution is -2.47. The SMILES string of the molecule is CC(C)c1n[nH]c(CC(=O)N2CCNCC2)n1. The lowest BCUT2D eigenvalue weighted by Gasteiger charge is -2.27. The van der Waals surface area contributed by atoms with Gasteiger partial charge in [-0.3, -0.25) is 9.89 Å². The zero-order valence-corrected chi connectivity index (χ0v) is 10.4. The summed E-state index contributed by atoms with van der Waals surface area (Å²) in [5, 5.41) is 10.2. The summed E-state index contributed by atoms with van der Waals surface area (Å²) in [6.45, 7) is 7.38. The molecule has 0 saturated carbocycles. The minimum absolute atomic E-state index is 0.123. The second-order valence-corrected chi connectivity index (χ2v) is 4.60. The zero-order chi connectivity index (χ0) is 12.3. The number of nitrogens with zero attached hydrogens (tertiary/aromatic N) is 3. The number of nitrogens with one attached hydrogen (secondary N) is 2. The molecule has 1 aliphatic heterocycles. The van der Waals surface area contributed by atoms with Crippen LogP contribution in [0.4, 0.5) is 0 Å². The fraction of sp³-hybridized carbons (Fsp3) is 0.727. The Hall–Kier alpha value is -1.43. The molecule has 1 aromatic rings. The van der Waals surface area contributed by atoms with E-state index in [4.69, 9.17) is 0 Å². The first-order valence-electron chi connectivity index (χ1n) is 6.06. The van der Waals surface area contributed by atoms with Gasteiger partial charge in [0, 0.05) is 32.1 Å². The molecular formula is C11H19N5O. The van der Waals surface area contributed by atoms with Crippen LogP contribution in [0.15, 0.2) is 0 Å². The van der Waals surface area contributed by atoms with E-state index in [1.54, 1.807) is 0 Å². The summed E-state index contributed by atoms with van der Waals surface area (Å²) in [4.78, 5) is 18.1. The number of aromatic amines is 1. The fourth-order valence-corrected chi connectivity index (χ4v) is 1.82. The van der Waals surface area contributed by atoms with Gasteiger partial charge in [0.25, 0.3) is 0 Å². The molecule has 2 N–H and O–H groups in total. The van der Waals surface area contributed by atoms with Crippen LogP contribution in [0.5, 0.6) is 0 Å². The smallest absolute Gasteiger partial charge is 0.230 e. The van der Waals surface area contributed by atoms with Gasteiger partial charge in [-0.2, -0.15) is 5.10 Å². The maximum atomic E-state index is 12.0. The summed E-state index contributed by atoms with van der Waals surface area (Å²) >= 11 is 0. The fourth-order valence-electron chi connectivity index (χ4n) is 1.82. The summed E-state index contributed by atoms with van der Waals surface area (Å²) in [6.07, 6.45) is 0.319. The number of rotatable bonds is 3. The number of piperazine rings is 1. The molecule has 2 heterocycles. The molecule has 0 aromatic carbocycles. The van der Waals surface area contributed by atoms with E-state index in [0.29, 0.717) is 12.2 Å². The van der Waals surface area contributed by atoms with Gasteiger partial charge in [-0.05, 0) is 0 Å². The van der Waals surface area contributed by atoms with Crippen LogP contribution in [0, 0.1) is 0 Å². The van der Waals surface area contributed by atoms with E-state index in [1.165, 1.54) is 0 Å². The van der Waals surface area contributed by atoms with Crippen LogP contribution in [-0.2, 0) is 11.2 Å². The molecule has 0 atom stereocenters. The number of carbonyl (C=O) groups is 1. The van der Waals surface area contributed by atoms with E-state index in [0.717, 1.165) is 32.0 Å². The summed E-state index contributed by atoms with van der Waals surface area (Å²) in [5.74, 6) is 1.84. The monoisotopic (exact) mass is 237 g/mol. The largest absolute Gasteiger partial charge is 0.340 e. The molecular weight excluding hydrogens is 218 g/mol. The van der Waals surface area contributed by atoms with Gasteiger partial charge in [0.2, 0.25) is 5.91 Å². The van der Waals surface area contributed by atoms with E-state index in [1.807, 2.05) is 18.7 Å². The third-order valence-corrected chi connectivity index (χ3v) is 2.85. The Morgan fingerprint density at radius 2 is 2.12 bits per heavy atom. The number of hydrogen-bond donors (Lipinski definition) is 2. The second-order valence-electron chi connectivity index (χ2n) is 4.60. The van der Waals surface area contributed by atoms with Crippen molar-refractivity contribution in [2.75, 3.05) is 26.2 Å². The van der Waals surface area contributed by atoms with E-state index >= 15 is 0 Å². The van der Waals surface area contributed by atoms with E-state index in [9.17, 15) is 4.79 Å². The summed E-state index contributed by atoms with van der Waals surface area (Å²) in [5.41, 5.74) is 0. The van der Waals surface area contributed by atoms with Crippen LogP contribution in [0.25, 0.3) is 0 Å². The van der Waals surface area contributed by atoms with Gasteiger partial charge >= 0.3 is 0 Å². The third-order valence-electron chi connectivity index (χ3n) is 2.85. The highest BCUT2D eigenvalue weighted by Crippen LogP contribution is 2.08. The van der Waals surface area contributed by atoms with E-state index < -0.39 is 0 Å². The second kappa shape index (κ2) is 5.27. The van der Waals surface area contributed by atoms with Gasteiger partial charge in [-0.25, -0.2) is 4.98 Å².